The third-order valence-corrected chi connectivity index (χ3v) is 8.57. The second kappa shape index (κ2) is 18.6. The number of hydrogen-bond donors (Lipinski definition) is 0. The number of carbonyl (C=O) groups is 2. The number of carbonyl (C=O) groups excluding carboxylic acids is 2. The summed E-state index contributed by atoms with van der Waals surface area (Å²) in [5.41, 5.74) is -1.24. The zero-order chi connectivity index (χ0) is 25.1. The minimum absolute atomic E-state index is 0.377. The molecule has 0 aromatic heterocycles. The van der Waals surface area contributed by atoms with Gasteiger partial charge in [0.15, 0.2) is 11.6 Å². The van der Waals surface area contributed by atoms with Gasteiger partial charge in [-0.3, -0.25) is 9.59 Å². The van der Waals surface area contributed by atoms with E-state index in [2.05, 4.69) is 27.7 Å². The van der Waals surface area contributed by atoms with Crippen LogP contribution >= 0.6 is 0 Å². The molecule has 0 aliphatic heterocycles. The van der Waals surface area contributed by atoms with Gasteiger partial charge in [0.05, 0.1) is 10.8 Å². The van der Waals surface area contributed by atoms with Crippen LogP contribution in [0.5, 0.6) is 0 Å². The average Bonchev–Trinajstić information content (AvgIpc) is 2.85. The molecule has 1 fully saturated rings. The van der Waals surface area contributed by atoms with Gasteiger partial charge in [0.2, 0.25) is 0 Å². The molecule has 1 aliphatic rings. The first-order valence-electron chi connectivity index (χ1n) is 15.7. The van der Waals surface area contributed by atoms with Crippen LogP contribution in [0.3, 0.4) is 0 Å². The van der Waals surface area contributed by atoms with E-state index in [1.54, 1.807) is 0 Å². The summed E-state index contributed by atoms with van der Waals surface area (Å²) >= 11 is 0. The van der Waals surface area contributed by atoms with Crippen molar-refractivity contribution in [1.29, 1.82) is 0 Å². The maximum absolute atomic E-state index is 14.1. The standard InChI is InChI=1S/C32H60O2/c1-5-9-13-17-21-25-31(26-22-18-14-10-6-2)29(33)32(30(31)34,27-23-19-15-11-7-3)28-24-20-16-12-8-4/h5-28H2,1-4H3. The summed E-state index contributed by atoms with van der Waals surface area (Å²) in [6.07, 6.45) is 27.2. The van der Waals surface area contributed by atoms with Gasteiger partial charge < -0.3 is 0 Å². The Bertz CT molecular complexity index is 443. The summed E-state index contributed by atoms with van der Waals surface area (Å²) in [5.74, 6) is 0.754. The molecule has 200 valence electrons. The monoisotopic (exact) mass is 476 g/mol. The minimum atomic E-state index is -0.620. The number of rotatable bonds is 24. The highest BCUT2D eigenvalue weighted by Gasteiger charge is 2.68. The number of ketones is 2. The predicted octanol–water partition coefficient (Wildman–Crippen LogP) is 10.6. The van der Waals surface area contributed by atoms with Crippen molar-refractivity contribution in [2.45, 2.75) is 182 Å². The number of unbranched alkanes of at least 4 members (excludes halogenated alkanes) is 16. The molecule has 0 atom stereocenters. The van der Waals surface area contributed by atoms with Gasteiger partial charge >= 0.3 is 0 Å². The molecule has 2 heteroatoms. The van der Waals surface area contributed by atoms with Crippen LogP contribution < -0.4 is 0 Å². The zero-order valence-electron chi connectivity index (χ0n) is 23.8. The Balaban J connectivity index is 2.87. The molecule has 2 nitrogen and oxygen atoms in total. The molecule has 0 unspecified atom stereocenters. The molecule has 0 aromatic carbocycles. The molecule has 34 heavy (non-hydrogen) atoms. The molecule has 0 spiro atoms. The van der Waals surface area contributed by atoms with Crippen molar-refractivity contribution in [2.24, 2.45) is 10.8 Å². The van der Waals surface area contributed by atoms with E-state index in [9.17, 15) is 9.59 Å². The largest absolute Gasteiger partial charge is 0.297 e. The fourth-order valence-electron chi connectivity index (χ4n) is 6.34. The fraction of sp³-hybridized carbons (Fsp3) is 0.938. The molecular weight excluding hydrogens is 416 g/mol. The van der Waals surface area contributed by atoms with E-state index in [0.717, 1.165) is 51.4 Å². The van der Waals surface area contributed by atoms with Gasteiger partial charge in [-0.25, -0.2) is 0 Å². The summed E-state index contributed by atoms with van der Waals surface area (Å²) in [6, 6.07) is 0. The van der Waals surface area contributed by atoms with Gasteiger partial charge in [0.1, 0.15) is 0 Å². The highest BCUT2D eigenvalue weighted by Crippen LogP contribution is 2.57. The van der Waals surface area contributed by atoms with Crippen LogP contribution in [0.1, 0.15) is 182 Å². The molecule has 0 amide bonds. The second-order valence-electron chi connectivity index (χ2n) is 11.5. The number of hydrogen-bond acceptors (Lipinski definition) is 2. The topological polar surface area (TPSA) is 34.1 Å². The fourth-order valence-corrected chi connectivity index (χ4v) is 6.34. The van der Waals surface area contributed by atoms with E-state index in [1.165, 1.54) is 103 Å². The van der Waals surface area contributed by atoms with Gasteiger partial charge in [-0.15, -0.1) is 0 Å². The van der Waals surface area contributed by atoms with Gasteiger partial charge in [-0.1, -0.05) is 156 Å². The van der Waals surface area contributed by atoms with Crippen LogP contribution in [0.2, 0.25) is 0 Å². The van der Waals surface area contributed by atoms with E-state index < -0.39 is 10.8 Å². The average molecular weight is 477 g/mol. The van der Waals surface area contributed by atoms with Crippen molar-refractivity contribution in [3.63, 3.8) is 0 Å². The maximum Gasteiger partial charge on any atom is 0.159 e. The molecule has 0 radical (unpaired) electrons. The summed E-state index contributed by atoms with van der Waals surface area (Å²) < 4.78 is 0. The van der Waals surface area contributed by atoms with E-state index in [4.69, 9.17) is 0 Å². The third-order valence-electron chi connectivity index (χ3n) is 8.57. The quantitative estimate of drug-likeness (QED) is 0.102. The first kappa shape index (κ1) is 31.4. The molecule has 0 N–H and O–H groups in total. The van der Waals surface area contributed by atoms with Crippen molar-refractivity contribution in [2.75, 3.05) is 0 Å². The molecule has 0 saturated heterocycles. The Hall–Kier alpha value is -0.660. The lowest BCUT2D eigenvalue weighted by Gasteiger charge is -2.53. The highest BCUT2D eigenvalue weighted by atomic mass is 16.2. The van der Waals surface area contributed by atoms with Crippen LogP contribution in [0, 0.1) is 10.8 Å². The molecule has 1 saturated carbocycles. The van der Waals surface area contributed by atoms with E-state index >= 15 is 0 Å². The molecule has 0 aromatic rings. The molecule has 0 bridgehead atoms. The van der Waals surface area contributed by atoms with Crippen LogP contribution in [0.15, 0.2) is 0 Å². The zero-order valence-corrected chi connectivity index (χ0v) is 23.8. The van der Waals surface area contributed by atoms with Crippen LogP contribution in [0.25, 0.3) is 0 Å². The normalized spacial score (nSPS) is 16.7. The van der Waals surface area contributed by atoms with Crippen molar-refractivity contribution < 1.29 is 9.59 Å². The molecule has 1 rings (SSSR count). The first-order chi connectivity index (χ1) is 16.6. The molecular formula is C32H60O2. The Morgan fingerprint density at radius 3 is 0.765 bits per heavy atom. The van der Waals surface area contributed by atoms with Crippen molar-refractivity contribution in [3.8, 4) is 0 Å². The lowest BCUT2D eigenvalue weighted by Crippen LogP contribution is -2.66. The lowest BCUT2D eigenvalue weighted by atomic mass is 9.45. The predicted molar refractivity (Wildman–Crippen MR) is 148 cm³/mol. The van der Waals surface area contributed by atoms with Gasteiger partial charge in [0.25, 0.3) is 0 Å². The maximum atomic E-state index is 14.1. The lowest BCUT2D eigenvalue weighted by molar-refractivity contribution is -0.175. The SMILES string of the molecule is CCCCCCCC1(CCCCCCC)C(=O)C(CCCCCCC)(CCCCCCC)C1=O. The van der Waals surface area contributed by atoms with Crippen LogP contribution in [-0.4, -0.2) is 11.6 Å². The third kappa shape index (κ3) is 9.42. The Kier molecular flexibility index (Phi) is 17.1. The highest BCUT2D eigenvalue weighted by molar-refractivity contribution is 6.30. The van der Waals surface area contributed by atoms with Crippen molar-refractivity contribution in [3.05, 3.63) is 0 Å². The van der Waals surface area contributed by atoms with E-state index in [0.29, 0.717) is 11.6 Å². The number of Topliss-reactive ketones (excluding diaryl/α,β-unsaturated/α-hetero) is 2. The summed E-state index contributed by atoms with van der Waals surface area (Å²) in [4.78, 5) is 28.1. The van der Waals surface area contributed by atoms with E-state index in [1.807, 2.05) is 0 Å². The summed E-state index contributed by atoms with van der Waals surface area (Å²) in [7, 11) is 0. The first-order valence-corrected chi connectivity index (χ1v) is 15.7. The summed E-state index contributed by atoms with van der Waals surface area (Å²) in [5, 5.41) is 0. The summed E-state index contributed by atoms with van der Waals surface area (Å²) in [6.45, 7) is 8.97. The van der Waals surface area contributed by atoms with Crippen molar-refractivity contribution >= 4 is 11.6 Å². The van der Waals surface area contributed by atoms with Crippen LogP contribution in [-0.2, 0) is 9.59 Å². The molecule has 0 heterocycles. The Morgan fingerprint density at radius 2 is 0.559 bits per heavy atom. The van der Waals surface area contributed by atoms with Crippen LogP contribution in [0.4, 0.5) is 0 Å². The second-order valence-corrected chi connectivity index (χ2v) is 11.5. The van der Waals surface area contributed by atoms with Gasteiger partial charge in [-0.05, 0) is 25.7 Å². The smallest absolute Gasteiger partial charge is 0.159 e. The van der Waals surface area contributed by atoms with E-state index in [-0.39, 0.29) is 0 Å². The van der Waals surface area contributed by atoms with Crippen molar-refractivity contribution in [1.82, 2.24) is 0 Å². The Labute approximate surface area is 213 Å². The minimum Gasteiger partial charge on any atom is -0.297 e. The molecule has 1 aliphatic carbocycles. The Morgan fingerprint density at radius 1 is 0.353 bits per heavy atom. The van der Waals surface area contributed by atoms with Gasteiger partial charge in [-0.2, -0.15) is 0 Å². The van der Waals surface area contributed by atoms with Gasteiger partial charge in [0, 0.05) is 0 Å².